The van der Waals surface area contributed by atoms with E-state index in [0.717, 1.165) is 30.4 Å². The molecule has 0 saturated carbocycles. The Morgan fingerprint density at radius 2 is 2.22 bits per heavy atom. The van der Waals surface area contributed by atoms with Crippen LogP contribution in [0.1, 0.15) is 23.1 Å². The van der Waals surface area contributed by atoms with E-state index in [2.05, 4.69) is 4.74 Å². The molecule has 5 heteroatoms. The van der Waals surface area contributed by atoms with Gasteiger partial charge in [-0.1, -0.05) is 12.1 Å². The van der Waals surface area contributed by atoms with Gasteiger partial charge in [0.25, 0.3) is 0 Å². The summed E-state index contributed by atoms with van der Waals surface area (Å²) < 4.78 is 18.6. The van der Waals surface area contributed by atoms with E-state index in [0.29, 0.717) is 5.56 Å². The fraction of sp³-hybridized carbons (Fsp3) is 0.462. The summed E-state index contributed by atoms with van der Waals surface area (Å²) in [6, 6.07) is 2.86. The Balaban J connectivity index is 0.00000162. The van der Waals surface area contributed by atoms with Gasteiger partial charge in [0, 0.05) is 6.42 Å². The number of esters is 1. The van der Waals surface area contributed by atoms with E-state index in [9.17, 15) is 9.18 Å². The van der Waals surface area contributed by atoms with Crippen LogP contribution in [0, 0.1) is 5.82 Å². The number of aryl methyl sites for hydroxylation is 1. The van der Waals surface area contributed by atoms with Crippen molar-refractivity contribution in [2.45, 2.75) is 31.7 Å². The van der Waals surface area contributed by atoms with Gasteiger partial charge >= 0.3 is 5.97 Å². The number of methoxy groups -OCH3 is 1. The number of hydrogen-bond acceptors (Lipinski definition) is 3. The molecule has 100 valence electrons. The molecule has 1 atom stereocenters. The van der Waals surface area contributed by atoms with Crippen LogP contribution in [0.3, 0.4) is 0 Å². The fourth-order valence-electron chi connectivity index (χ4n) is 2.30. The number of halogens is 2. The average Bonchev–Trinajstić information content (AvgIpc) is 2.80. The highest BCUT2D eigenvalue weighted by Crippen LogP contribution is 2.27. The Labute approximate surface area is 112 Å². The van der Waals surface area contributed by atoms with Crippen molar-refractivity contribution in [2.24, 2.45) is 5.73 Å². The molecule has 0 spiro atoms. The molecule has 0 aromatic heterocycles. The highest BCUT2D eigenvalue weighted by atomic mass is 35.5. The molecule has 0 bridgehead atoms. The number of rotatable bonds is 3. The van der Waals surface area contributed by atoms with Crippen LogP contribution < -0.4 is 5.73 Å². The highest BCUT2D eigenvalue weighted by Gasteiger charge is 2.21. The van der Waals surface area contributed by atoms with Crippen molar-refractivity contribution in [1.82, 2.24) is 0 Å². The van der Waals surface area contributed by atoms with Gasteiger partial charge in [-0.3, -0.25) is 4.79 Å². The first-order valence-electron chi connectivity index (χ1n) is 5.76. The smallest absolute Gasteiger partial charge is 0.322 e. The number of fused-ring (bicyclic) bond motifs is 1. The van der Waals surface area contributed by atoms with Crippen LogP contribution in [0.2, 0.25) is 0 Å². The fourth-order valence-corrected chi connectivity index (χ4v) is 2.30. The third-order valence-corrected chi connectivity index (χ3v) is 3.24. The first-order chi connectivity index (χ1) is 8.13. The SMILES string of the molecule is COC(=O)[C@@H](N)Cc1ccc2c(c1F)CCC2.Cl. The molecule has 1 aromatic rings. The number of hydrogen-bond donors (Lipinski definition) is 1. The normalized spacial score (nSPS) is 14.6. The van der Waals surface area contributed by atoms with E-state index in [4.69, 9.17) is 5.73 Å². The van der Waals surface area contributed by atoms with Gasteiger partial charge in [0.1, 0.15) is 11.9 Å². The Morgan fingerprint density at radius 3 is 2.89 bits per heavy atom. The number of benzene rings is 1. The van der Waals surface area contributed by atoms with Crippen LogP contribution >= 0.6 is 12.4 Å². The van der Waals surface area contributed by atoms with Crippen LogP contribution in [0.5, 0.6) is 0 Å². The second-order valence-electron chi connectivity index (χ2n) is 4.36. The van der Waals surface area contributed by atoms with Gasteiger partial charge in [-0.2, -0.15) is 0 Å². The Bertz CT molecular complexity index is 451. The molecule has 0 radical (unpaired) electrons. The van der Waals surface area contributed by atoms with Crippen LogP contribution in [0.25, 0.3) is 0 Å². The maximum Gasteiger partial charge on any atom is 0.322 e. The topological polar surface area (TPSA) is 52.3 Å². The molecule has 0 heterocycles. The molecule has 2 rings (SSSR count). The lowest BCUT2D eigenvalue weighted by atomic mass is 10.0. The second-order valence-corrected chi connectivity index (χ2v) is 4.36. The maximum absolute atomic E-state index is 14.1. The molecule has 0 unspecified atom stereocenters. The molecule has 18 heavy (non-hydrogen) atoms. The molecule has 0 fully saturated rings. The van der Waals surface area contributed by atoms with Crippen LogP contribution in [0.4, 0.5) is 4.39 Å². The lowest BCUT2D eigenvalue weighted by Gasteiger charge is -2.12. The van der Waals surface area contributed by atoms with Crippen LogP contribution in [0.15, 0.2) is 12.1 Å². The summed E-state index contributed by atoms with van der Waals surface area (Å²) in [4.78, 5) is 11.2. The minimum atomic E-state index is -0.797. The zero-order chi connectivity index (χ0) is 12.4. The maximum atomic E-state index is 14.1. The van der Waals surface area contributed by atoms with Gasteiger partial charge < -0.3 is 10.5 Å². The van der Waals surface area contributed by atoms with Gasteiger partial charge in [0.05, 0.1) is 7.11 Å². The summed E-state index contributed by atoms with van der Waals surface area (Å²) in [7, 11) is 1.28. The van der Waals surface area contributed by atoms with Crippen molar-refractivity contribution in [3.8, 4) is 0 Å². The third kappa shape index (κ3) is 2.82. The summed E-state index contributed by atoms with van der Waals surface area (Å²) >= 11 is 0. The van der Waals surface area contributed by atoms with E-state index >= 15 is 0 Å². The highest BCUT2D eigenvalue weighted by molar-refractivity contribution is 5.85. The number of nitrogens with two attached hydrogens (primary N) is 1. The number of carbonyl (C=O) groups excluding carboxylic acids is 1. The predicted molar refractivity (Wildman–Crippen MR) is 69.4 cm³/mol. The summed E-state index contributed by atoms with van der Waals surface area (Å²) in [5, 5.41) is 0. The first-order valence-corrected chi connectivity index (χ1v) is 5.76. The van der Waals surface area contributed by atoms with Crippen molar-refractivity contribution in [1.29, 1.82) is 0 Å². The molecule has 3 nitrogen and oxygen atoms in total. The molecule has 1 aliphatic rings. The van der Waals surface area contributed by atoms with Crippen molar-refractivity contribution in [3.63, 3.8) is 0 Å². The van der Waals surface area contributed by atoms with E-state index in [1.807, 2.05) is 6.07 Å². The minimum absolute atomic E-state index is 0. The van der Waals surface area contributed by atoms with Crippen molar-refractivity contribution in [2.75, 3.05) is 7.11 Å². The number of carbonyl (C=O) groups is 1. The zero-order valence-electron chi connectivity index (χ0n) is 10.2. The molecule has 0 saturated heterocycles. The van der Waals surface area contributed by atoms with E-state index in [1.165, 1.54) is 7.11 Å². The minimum Gasteiger partial charge on any atom is -0.468 e. The van der Waals surface area contributed by atoms with Gasteiger partial charge in [-0.15, -0.1) is 12.4 Å². The summed E-state index contributed by atoms with van der Waals surface area (Å²) in [5.41, 5.74) is 8.01. The average molecular weight is 274 g/mol. The molecule has 0 amide bonds. The van der Waals surface area contributed by atoms with Crippen molar-refractivity contribution in [3.05, 3.63) is 34.6 Å². The van der Waals surface area contributed by atoms with Gasteiger partial charge in [0.2, 0.25) is 0 Å². The van der Waals surface area contributed by atoms with Crippen molar-refractivity contribution < 1.29 is 13.9 Å². The molecule has 2 N–H and O–H groups in total. The van der Waals surface area contributed by atoms with Gasteiger partial charge in [0.15, 0.2) is 0 Å². The summed E-state index contributed by atoms with van der Waals surface area (Å²) in [6.45, 7) is 0. The van der Waals surface area contributed by atoms with Crippen LogP contribution in [-0.4, -0.2) is 19.1 Å². The van der Waals surface area contributed by atoms with Crippen LogP contribution in [-0.2, 0) is 28.8 Å². The third-order valence-electron chi connectivity index (χ3n) is 3.24. The van der Waals surface area contributed by atoms with E-state index in [1.54, 1.807) is 6.07 Å². The van der Waals surface area contributed by atoms with Gasteiger partial charge in [-0.25, -0.2) is 4.39 Å². The molecular formula is C13H17ClFNO2. The lowest BCUT2D eigenvalue weighted by molar-refractivity contribution is -0.142. The zero-order valence-corrected chi connectivity index (χ0v) is 11.1. The molecule has 1 aliphatic carbocycles. The molecule has 0 aliphatic heterocycles. The number of ether oxygens (including phenoxy) is 1. The van der Waals surface area contributed by atoms with Gasteiger partial charge in [-0.05, 0) is 36.0 Å². The molecule has 1 aromatic carbocycles. The van der Waals surface area contributed by atoms with Crippen molar-refractivity contribution >= 4 is 18.4 Å². The molecular weight excluding hydrogens is 257 g/mol. The van der Waals surface area contributed by atoms with E-state index < -0.39 is 12.0 Å². The Kier molecular flexibility index (Phi) is 5.11. The Morgan fingerprint density at radius 1 is 1.50 bits per heavy atom. The summed E-state index contributed by atoms with van der Waals surface area (Å²) in [6.07, 6.45) is 2.91. The second kappa shape index (κ2) is 6.16. The standard InChI is InChI=1S/C13H16FNO2.ClH/c1-17-13(16)11(15)7-9-6-5-8-3-2-4-10(8)12(9)14;/h5-6,11H,2-4,7,15H2,1H3;1H/t11-;/m0./s1. The first kappa shape index (κ1) is 14.9. The monoisotopic (exact) mass is 273 g/mol. The van der Waals surface area contributed by atoms with E-state index in [-0.39, 0.29) is 24.6 Å². The largest absolute Gasteiger partial charge is 0.468 e. The predicted octanol–water partition coefficient (Wildman–Crippen LogP) is 1.78. The Hall–Kier alpha value is -1.13. The summed E-state index contributed by atoms with van der Waals surface area (Å²) in [5.74, 6) is -0.704. The quantitative estimate of drug-likeness (QED) is 0.854. The lowest BCUT2D eigenvalue weighted by Crippen LogP contribution is -2.34.